The lowest BCUT2D eigenvalue weighted by Gasteiger charge is -2.05. The molecule has 1 aromatic heterocycles. The van der Waals surface area contributed by atoms with Crippen LogP contribution in [0.25, 0.3) is 0 Å². The molecule has 0 radical (unpaired) electrons. The summed E-state index contributed by atoms with van der Waals surface area (Å²) >= 11 is 3.39. The van der Waals surface area contributed by atoms with E-state index in [4.69, 9.17) is 0 Å². The first kappa shape index (κ1) is 15.8. The number of aromatic amines is 1. The van der Waals surface area contributed by atoms with Gasteiger partial charge in [-0.15, -0.1) is 0 Å². The monoisotopic (exact) mass is 417 g/mol. The van der Waals surface area contributed by atoms with Crippen LogP contribution in [0.3, 0.4) is 0 Å². The van der Waals surface area contributed by atoms with E-state index in [1.165, 1.54) is 11.8 Å². The van der Waals surface area contributed by atoms with Crippen molar-refractivity contribution in [2.24, 2.45) is 0 Å². The molecular weight excluding hydrogens is 405 g/mol. The SMILES string of the molecule is O=C(CCSc1nc(O)cc(=O)[nH]1)Nc1ccc(I)cc1. The van der Waals surface area contributed by atoms with Gasteiger partial charge in [-0.25, -0.2) is 0 Å². The Labute approximate surface area is 138 Å². The molecule has 8 heteroatoms. The summed E-state index contributed by atoms with van der Waals surface area (Å²) in [6.45, 7) is 0. The largest absolute Gasteiger partial charge is 0.493 e. The molecule has 1 heterocycles. The van der Waals surface area contributed by atoms with Crippen LogP contribution in [0.4, 0.5) is 5.69 Å². The summed E-state index contributed by atoms with van der Waals surface area (Å²) in [6.07, 6.45) is 0.274. The number of carbonyl (C=O) groups is 1. The Morgan fingerprint density at radius 2 is 2.10 bits per heavy atom. The van der Waals surface area contributed by atoms with Gasteiger partial charge in [0.1, 0.15) is 0 Å². The summed E-state index contributed by atoms with van der Waals surface area (Å²) in [7, 11) is 0. The number of aromatic hydroxyl groups is 1. The highest BCUT2D eigenvalue weighted by Gasteiger charge is 2.05. The summed E-state index contributed by atoms with van der Waals surface area (Å²) in [6, 6.07) is 8.48. The molecule has 0 atom stereocenters. The maximum atomic E-state index is 11.8. The molecule has 0 saturated carbocycles. The third kappa shape index (κ3) is 5.38. The van der Waals surface area contributed by atoms with Gasteiger partial charge in [0.15, 0.2) is 5.16 Å². The third-order valence-corrected chi connectivity index (χ3v) is 4.00. The van der Waals surface area contributed by atoms with Crippen LogP contribution in [-0.4, -0.2) is 26.7 Å². The Morgan fingerprint density at radius 3 is 2.76 bits per heavy atom. The van der Waals surface area contributed by atoms with Crippen LogP contribution in [0.1, 0.15) is 6.42 Å². The minimum atomic E-state index is -0.423. The molecule has 1 aromatic carbocycles. The Kier molecular flexibility index (Phi) is 5.62. The predicted octanol–water partition coefficient (Wildman–Crippen LogP) is 2.20. The maximum absolute atomic E-state index is 11.8. The number of rotatable bonds is 5. The second kappa shape index (κ2) is 7.46. The van der Waals surface area contributed by atoms with E-state index in [9.17, 15) is 14.7 Å². The Balaban J connectivity index is 1.81. The van der Waals surface area contributed by atoms with Crippen molar-refractivity contribution in [1.82, 2.24) is 9.97 Å². The van der Waals surface area contributed by atoms with Crippen molar-refractivity contribution < 1.29 is 9.90 Å². The molecule has 110 valence electrons. The fraction of sp³-hybridized carbons (Fsp3) is 0.154. The van der Waals surface area contributed by atoms with Crippen molar-refractivity contribution in [2.45, 2.75) is 11.6 Å². The van der Waals surface area contributed by atoms with Gasteiger partial charge in [0.25, 0.3) is 5.56 Å². The van der Waals surface area contributed by atoms with Gasteiger partial charge in [-0.2, -0.15) is 4.98 Å². The second-order valence-electron chi connectivity index (χ2n) is 4.06. The summed E-state index contributed by atoms with van der Waals surface area (Å²) < 4.78 is 1.10. The van der Waals surface area contributed by atoms with Crippen molar-refractivity contribution in [3.05, 3.63) is 44.3 Å². The number of aromatic nitrogens is 2. The number of carbonyl (C=O) groups excluding carboxylic acids is 1. The number of anilines is 1. The predicted molar refractivity (Wildman–Crippen MR) is 89.7 cm³/mol. The first-order valence-electron chi connectivity index (χ1n) is 6.01. The van der Waals surface area contributed by atoms with Crippen LogP contribution in [0, 0.1) is 3.57 Å². The van der Waals surface area contributed by atoms with E-state index < -0.39 is 5.56 Å². The van der Waals surface area contributed by atoms with Crippen LogP contribution >= 0.6 is 34.4 Å². The smallest absolute Gasteiger partial charge is 0.255 e. The maximum Gasteiger partial charge on any atom is 0.255 e. The Hall–Kier alpha value is -1.55. The lowest BCUT2D eigenvalue weighted by molar-refractivity contribution is -0.115. The Morgan fingerprint density at radius 1 is 1.38 bits per heavy atom. The topological polar surface area (TPSA) is 95.1 Å². The molecule has 21 heavy (non-hydrogen) atoms. The molecule has 0 aliphatic heterocycles. The summed E-state index contributed by atoms with van der Waals surface area (Å²) in [5.74, 6) is -0.00132. The average Bonchev–Trinajstić information content (AvgIpc) is 2.40. The standard InChI is InChI=1S/C13H12IN3O3S/c14-8-1-3-9(4-2-8)15-10(18)5-6-21-13-16-11(19)7-12(20)17-13/h1-4,7H,5-6H2,(H,15,18)(H2,16,17,19,20). The van der Waals surface area contributed by atoms with E-state index in [0.29, 0.717) is 10.9 Å². The first-order chi connectivity index (χ1) is 10.0. The van der Waals surface area contributed by atoms with E-state index >= 15 is 0 Å². The molecule has 0 saturated heterocycles. The first-order valence-corrected chi connectivity index (χ1v) is 8.08. The molecule has 0 spiro atoms. The zero-order valence-electron chi connectivity index (χ0n) is 10.8. The lowest BCUT2D eigenvalue weighted by atomic mass is 10.3. The van der Waals surface area contributed by atoms with Crippen LogP contribution in [-0.2, 0) is 4.79 Å². The van der Waals surface area contributed by atoms with Gasteiger partial charge in [0, 0.05) is 21.4 Å². The van der Waals surface area contributed by atoms with Gasteiger partial charge in [-0.1, -0.05) is 11.8 Å². The van der Waals surface area contributed by atoms with Crippen molar-refractivity contribution in [3.8, 4) is 5.88 Å². The normalized spacial score (nSPS) is 10.3. The number of amides is 1. The molecule has 0 aliphatic carbocycles. The molecular formula is C13H12IN3O3S. The highest BCUT2D eigenvalue weighted by Crippen LogP contribution is 2.15. The molecule has 0 bridgehead atoms. The number of nitrogens with one attached hydrogen (secondary N) is 2. The fourth-order valence-corrected chi connectivity index (χ4v) is 2.66. The highest BCUT2D eigenvalue weighted by atomic mass is 127. The van der Waals surface area contributed by atoms with Crippen molar-refractivity contribution in [2.75, 3.05) is 11.1 Å². The van der Waals surface area contributed by atoms with Crippen LogP contribution in [0.15, 0.2) is 40.3 Å². The lowest BCUT2D eigenvalue weighted by Crippen LogP contribution is -2.12. The van der Waals surface area contributed by atoms with E-state index in [-0.39, 0.29) is 18.2 Å². The molecule has 6 nitrogen and oxygen atoms in total. The third-order valence-electron chi connectivity index (χ3n) is 2.40. The minimum absolute atomic E-state index is 0.119. The van der Waals surface area contributed by atoms with E-state index in [2.05, 4.69) is 37.9 Å². The quantitative estimate of drug-likeness (QED) is 0.394. The number of thioether (sulfide) groups is 1. The van der Waals surface area contributed by atoms with E-state index in [1.807, 2.05) is 24.3 Å². The van der Waals surface area contributed by atoms with E-state index in [0.717, 1.165) is 15.3 Å². The zero-order chi connectivity index (χ0) is 15.2. The Bertz CT molecular complexity index is 688. The molecule has 3 N–H and O–H groups in total. The number of nitrogens with zero attached hydrogens (tertiary/aromatic N) is 1. The molecule has 0 aliphatic rings. The van der Waals surface area contributed by atoms with Gasteiger partial charge >= 0.3 is 0 Å². The molecule has 0 fully saturated rings. The number of benzene rings is 1. The highest BCUT2D eigenvalue weighted by molar-refractivity contribution is 14.1. The molecule has 2 rings (SSSR count). The van der Waals surface area contributed by atoms with Gasteiger partial charge in [-0.05, 0) is 46.9 Å². The summed E-state index contributed by atoms with van der Waals surface area (Å²) in [4.78, 5) is 29.1. The van der Waals surface area contributed by atoms with Gasteiger partial charge in [0.05, 0.1) is 6.07 Å². The van der Waals surface area contributed by atoms with Crippen LogP contribution in [0.2, 0.25) is 0 Å². The average molecular weight is 417 g/mol. The van der Waals surface area contributed by atoms with Gasteiger partial charge in [0.2, 0.25) is 11.8 Å². The summed E-state index contributed by atoms with van der Waals surface area (Å²) in [5.41, 5.74) is 0.322. The molecule has 2 aromatic rings. The number of H-pyrrole nitrogens is 1. The van der Waals surface area contributed by atoms with Gasteiger partial charge in [-0.3, -0.25) is 9.59 Å². The van der Waals surface area contributed by atoms with Crippen molar-refractivity contribution >= 4 is 45.9 Å². The van der Waals surface area contributed by atoms with Crippen molar-refractivity contribution in [3.63, 3.8) is 0 Å². The zero-order valence-corrected chi connectivity index (χ0v) is 13.8. The van der Waals surface area contributed by atoms with Gasteiger partial charge < -0.3 is 15.4 Å². The van der Waals surface area contributed by atoms with Crippen LogP contribution < -0.4 is 10.9 Å². The van der Waals surface area contributed by atoms with Crippen molar-refractivity contribution in [1.29, 1.82) is 0 Å². The fourth-order valence-electron chi connectivity index (χ4n) is 1.49. The minimum Gasteiger partial charge on any atom is -0.493 e. The summed E-state index contributed by atoms with van der Waals surface area (Å²) in [5, 5.41) is 12.3. The molecule has 0 unspecified atom stereocenters. The van der Waals surface area contributed by atoms with Crippen LogP contribution in [0.5, 0.6) is 5.88 Å². The molecule has 1 amide bonds. The number of hydrogen-bond acceptors (Lipinski definition) is 5. The van der Waals surface area contributed by atoms with E-state index in [1.54, 1.807) is 0 Å². The number of hydrogen-bond donors (Lipinski definition) is 3. The second-order valence-corrected chi connectivity index (χ2v) is 6.39. The number of halogens is 1.